The number of carbonyl (C=O) groups is 10. The number of fused-ring (bicyclic) bond motifs is 1. The van der Waals surface area contributed by atoms with E-state index in [0.29, 0.717) is 11.1 Å². The number of guanidine groups is 3. The maximum Gasteiger partial charge on any atom is 0.245 e. The van der Waals surface area contributed by atoms with Gasteiger partial charge in [-0.15, -0.1) is 0 Å². The summed E-state index contributed by atoms with van der Waals surface area (Å²) >= 11 is 0. The van der Waals surface area contributed by atoms with Crippen molar-refractivity contribution in [2.75, 3.05) is 32.7 Å². The number of nitrogens with zero attached hydrogens (tertiary/aromatic N) is 3. The number of benzene rings is 3. The molecule has 0 spiro atoms. The van der Waals surface area contributed by atoms with Crippen LogP contribution < -0.4 is 88.0 Å². The molecule has 0 unspecified atom stereocenters. The minimum atomic E-state index is -1.57. The van der Waals surface area contributed by atoms with Crippen LogP contribution in [0.2, 0.25) is 0 Å². The molecule has 0 aliphatic carbocycles. The normalized spacial score (nSPS) is 20.2. The smallest absolute Gasteiger partial charge is 0.245 e. The highest BCUT2D eigenvalue weighted by Gasteiger charge is 2.34. The van der Waals surface area contributed by atoms with Gasteiger partial charge in [-0.1, -0.05) is 54.6 Å². The third-order valence-electron chi connectivity index (χ3n) is 12.6. The molecule has 10 amide bonds. The number of primary amides is 1. The average molecular weight is 1140 g/mol. The maximum absolute atomic E-state index is 14.6. The Kier molecular flexibility index (Phi) is 26.0. The first-order valence-electron chi connectivity index (χ1n) is 26.3. The number of phenolic OH excluding ortho intramolecular Hbond substituents is 1. The summed E-state index contributed by atoms with van der Waals surface area (Å²) in [7, 11) is 0. The third-order valence-corrected chi connectivity index (χ3v) is 12.6. The van der Waals surface area contributed by atoms with Gasteiger partial charge in [0.05, 0.1) is 6.54 Å². The largest absolute Gasteiger partial charge is 0.508 e. The van der Waals surface area contributed by atoms with Gasteiger partial charge in [0, 0.05) is 52.4 Å². The lowest BCUT2D eigenvalue weighted by Gasteiger charge is -2.27. The molecule has 82 heavy (non-hydrogen) atoms. The van der Waals surface area contributed by atoms with Gasteiger partial charge in [0.2, 0.25) is 59.1 Å². The van der Waals surface area contributed by atoms with Crippen molar-refractivity contribution in [3.05, 3.63) is 77.9 Å². The highest BCUT2D eigenvalue weighted by Crippen LogP contribution is 2.18. The Balaban J connectivity index is 1.82. The van der Waals surface area contributed by atoms with Gasteiger partial charge in [-0.25, -0.2) is 0 Å². The molecule has 0 radical (unpaired) electrons. The Labute approximate surface area is 472 Å². The van der Waals surface area contributed by atoms with Crippen LogP contribution in [0.1, 0.15) is 69.4 Å². The molecular weight excluding hydrogens is 1070 g/mol. The van der Waals surface area contributed by atoms with E-state index in [-0.39, 0.29) is 94.6 Å². The zero-order valence-electron chi connectivity index (χ0n) is 45.4. The molecule has 1 aliphatic rings. The van der Waals surface area contributed by atoms with Gasteiger partial charge in [-0.3, -0.25) is 62.9 Å². The van der Waals surface area contributed by atoms with E-state index in [0.717, 1.165) is 17.7 Å². The zero-order valence-corrected chi connectivity index (χ0v) is 45.4. The number of rotatable bonds is 20. The van der Waals surface area contributed by atoms with Crippen molar-refractivity contribution < 1.29 is 53.1 Å². The SMILES string of the molecule is CC(=O)N[C@H]1CNC(=O)CC[C@@H](C(=O)N[C@@H](CCCN=C(N)N)C(N)=O)NC(=O)CNC(=O)[C@H](Cc2ccc3ccccc3c2)NC(=O)[C@@H](CCCN=C(N)N)NC(=O)[C@H](CCCN=C(N)N)NC(=O)[C@H](Cc2ccc(O)cc2)NC1=O. The number of phenols is 1. The number of aromatic hydroxyl groups is 1. The molecule has 1 fully saturated rings. The van der Waals surface area contributed by atoms with Crippen LogP contribution in [0.5, 0.6) is 5.75 Å². The number of amides is 10. The van der Waals surface area contributed by atoms with E-state index in [9.17, 15) is 53.1 Å². The summed E-state index contributed by atoms with van der Waals surface area (Å²) in [6.45, 7) is -0.195. The lowest BCUT2D eigenvalue weighted by Crippen LogP contribution is -2.60. The Morgan fingerprint density at radius 1 is 0.598 bits per heavy atom. The van der Waals surface area contributed by atoms with E-state index in [1.165, 1.54) is 24.3 Å². The highest BCUT2D eigenvalue weighted by molar-refractivity contribution is 5.98. The average Bonchev–Trinajstić information content (AvgIpc) is 3.60. The molecule has 1 saturated heterocycles. The molecule has 1 aliphatic heterocycles. The molecule has 30 nitrogen and oxygen atoms in total. The van der Waals surface area contributed by atoms with Crippen molar-refractivity contribution >= 4 is 87.7 Å². The predicted octanol–water partition coefficient (Wildman–Crippen LogP) is -5.58. The van der Waals surface area contributed by atoms with Crippen molar-refractivity contribution in [1.82, 2.24) is 47.9 Å². The summed E-state index contributed by atoms with van der Waals surface area (Å²) in [5.41, 5.74) is 39.7. The molecule has 4 rings (SSSR count). The van der Waals surface area contributed by atoms with Crippen LogP contribution in [0.4, 0.5) is 0 Å². The fourth-order valence-corrected chi connectivity index (χ4v) is 8.42. The van der Waals surface area contributed by atoms with Crippen LogP contribution in [-0.2, 0) is 60.8 Å². The third kappa shape index (κ3) is 23.3. The van der Waals surface area contributed by atoms with E-state index < -0.39 is 127 Å². The van der Waals surface area contributed by atoms with Crippen molar-refractivity contribution in [2.45, 2.75) is 113 Å². The number of nitrogens with two attached hydrogens (primary N) is 7. The summed E-state index contributed by atoms with van der Waals surface area (Å²) < 4.78 is 0. The van der Waals surface area contributed by atoms with Gasteiger partial charge < -0.3 is 93.1 Å². The van der Waals surface area contributed by atoms with Crippen LogP contribution in [0, 0.1) is 0 Å². The predicted molar refractivity (Wildman–Crippen MR) is 303 cm³/mol. The molecule has 444 valence electrons. The second kappa shape index (κ2) is 33.0. The first-order valence-corrected chi connectivity index (χ1v) is 26.3. The molecule has 0 bridgehead atoms. The van der Waals surface area contributed by atoms with Crippen molar-refractivity contribution in [2.24, 2.45) is 55.1 Å². The molecule has 7 atom stereocenters. The van der Waals surface area contributed by atoms with E-state index in [1.54, 1.807) is 12.1 Å². The van der Waals surface area contributed by atoms with Gasteiger partial charge in [-0.2, -0.15) is 0 Å². The molecule has 3 aromatic rings. The molecular formula is C52H75N19O11. The van der Waals surface area contributed by atoms with Crippen molar-refractivity contribution in [3.8, 4) is 5.75 Å². The van der Waals surface area contributed by atoms with Crippen molar-refractivity contribution in [3.63, 3.8) is 0 Å². The lowest BCUT2D eigenvalue weighted by molar-refractivity contribution is -0.135. The molecule has 3 aromatic carbocycles. The van der Waals surface area contributed by atoms with Gasteiger partial charge in [0.15, 0.2) is 17.9 Å². The maximum atomic E-state index is 14.6. The molecule has 0 aromatic heterocycles. The van der Waals surface area contributed by atoms with Gasteiger partial charge >= 0.3 is 0 Å². The second-order valence-electron chi connectivity index (χ2n) is 19.2. The summed E-state index contributed by atoms with van der Waals surface area (Å²) in [6.07, 6.45) is -1.28. The minimum absolute atomic E-state index is 0.000205. The fourth-order valence-electron chi connectivity index (χ4n) is 8.42. The number of carbonyl (C=O) groups excluding carboxylic acids is 10. The number of aliphatic imine (C=N–C) groups is 3. The van der Waals surface area contributed by atoms with Crippen LogP contribution in [-0.4, -0.2) is 157 Å². The molecule has 0 saturated carbocycles. The summed E-state index contributed by atoms with van der Waals surface area (Å²) in [5.74, 6) is -9.76. The van der Waals surface area contributed by atoms with Crippen LogP contribution in [0.3, 0.4) is 0 Å². The summed E-state index contributed by atoms with van der Waals surface area (Å²) in [4.78, 5) is 150. The topological polar surface area (TPSA) is 518 Å². The fraction of sp³-hybridized carbons (Fsp3) is 0.442. The Morgan fingerprint density at radius 3 is 1.68 bits per heavy atom. The zero-order chi connectivity index (χ0) is 60.3. The van der Waals surface area contributed by atoms with Gasteiger partial charge in [0.1, 0.15) is 48.0 Å². The Hall–Kier alpha value is -9.77. The molecule has 24 N–H and O–H groups in total. The molecule has 30 heteroatoms. The minimum Gasteiger partial charge on any atom is -0.508 e. The monoisotopic (exact) mass is 1140 g/mol. The summed E-state index contributed by atoms with van der Waals surface area (Å²) in [6, 6.07) is 8.09. The van der Waals surface area contributed by atoms with E-state index in [4.69, 9.17) is 40.1 Å². The first-order chi connectivity index (χ1) is 39.0. The van der Waals surface area contributed by atoms with Gasteiger partial charge in [-0.05, 0) is 79.0 Å². The van der Waals surface area contributed by atoms with Crippen molar-refractivity contribution in [1.29, 1.82) is 0 Å². The van der Waals surface area contributed by atoms with E-state index >= 15 is 0 Å². The standard InChI is InChI=1S/C52H75N19O11/c1-28(72)65-40-26-63-41(74)19-18-37(47(80)67-34(43(53)76)9-4-20-60-50(54)55)66-42(75)27-64-44(77)38(25-30-12-15-31-7-2-3-8-32(31)23-30)70-46(79)36(11-6-22-62-52(58)59)68-45(78)35(10-5-21-61-51(56)57)69-48(81)39(71-49(40)82)24-29-13-16-33(73)17-14-29/h2-3,7-8,12-17,23,34-40,73H,4-6,9-11,18-22,24-27H2,1H3,(H2,53,76)(H,63,74)(H,64,77)(H,65,72)(H,66,75)(H,67,80)(H,68,78)(H,69,81)(H,70,79)(H,71,82)(H4,54,55,60)(H4,56,57,61)(H4,58,59,62)/t34-,35-,36+,37-,38-,39-,40-/m0/s1. The number of hydrogen-bond donors (Lipinski definition) is 17. The summed E-state index contributed by atoms with van der Waals surface area (Å²) in [5, 5.41) is 34.7. The Bertz CT molecular complexity index is 2840. The van der Waals surface area contributed by atoms with Gasteiger partial charge in [0.25, 0.3) is 0 Å². The second-order valence-corrected chi connectivity index (χ2v) is 19.2. The molecule has 1 heterocycles. The van der Waals surface area contributed by atoms with Crippen LogP contribution in [0.25, 0.3) is 10.8 Å². The lowest BCUT2D eigenvalue weighted by atomic mass is 10.00. The Morgan fingerprint density at radius 2 is 1.11 bits per heavy atom. The van der Waals surface area contributed by atoms with E-state index in [1.807, 2.05) is 30.3 Å². The number of hydrogen-bond acceptors (Lipinski definition) is 14. The first kappa shape index (κ1) is 64.8. The van der Waals surface area contributed by atoms with Crippen LogP contribution in [0.15, 0.2) is 81.7 Å². The quantitative estimate of drug-likeness (QED) is 0.0285. The highest BCUT2D eigenvalue weighted by atomic mass is 16.3. The number of nitrogens with one attached hydrogen (secondary N) is 9. The van der Waals surface area contributed by atoms with Crippen LogP contribution >= 0.6 is 0 Å². The van der Waals surface area contributed by atoms with E-state index in [2.05, 4.69) is 62.8 Å².